The lowest BCUT2D eigenvalue weighted by Gasteiger charge is -2.31. The minimum atomic E-state index is -1.24. The van der Waals surface area contributed by atoms with Gasteiger partial charge in [-0.2, -0.15) is 0 Å². The van der Waals surface area contributed by atoms with Crippen molar-refractivity contribution in [3.8, 4) is 0 Å². The molecule has 0 saturated heterocycles. The summed E-state index contributed by atoms with van der Waals surface area (Å²) >= 11 is 0. The summed E-state index contributed by atoms with van der Waals surface area (Å²) in [7, 11) is 0. The fourth-order valence-electron chi connectivity index (χ4n) is 1.70. The second kappa shape index (κ2) is 6.12. The quantitative estimate of drug-likeness (QED) is 0.777. The van der Waals surface area contributed by atoms with Gasteiger partial charge >= 0.3 is 0 Å². The largest absolute Gasteiger partial charge is 0.530 e. The van der Waals surface area contributed by atoms with Gasteiger partial charge in [-0.15, -0.1) is 0 Å². The maximum Gasteiger partial charge on any atom is 0.137 e. The molecule has 1 atom stereocenters. The maximum atomic E-state index is 10.8. The molecule has 0 radical (unpaired) electrons. The molecule has 4 heteroatoms. The van der Waals surface area contributed by atoms with E-state index in [0.29, 0.717) is 13.0 Å². The number of rotatable bonds is 5. The minimum absolute atomic E-state index is 0.198. The van der Waals surface area contributed by atoms with E-state index in [1.165, 1.54) is 0 Å². The zero-order chi connectivity index (χ0) is 12.0. The monoisotopic (exact) mass is 222 g/mol. The Labute approximate surface area is 95.1 Å². The summed E-state index contributed by atoms with van der Waals surface area (Å²) < 4.78 is 0. The number of amides is 1. The number of carboxylic acid groups (broad SMARTS) is 1. The van der Waals surface area contributed by atoms with Gasteiger partial charge in [0, 0.05) is 6.54 Å². The molecule has 1 N–H and O–H groups in total. The van der Waals surface area contributed by atoms with Crippen LogP contribution in [0.1, 0.15) is 12.5 Å². The van der Waals surface area contributed by atoms with Gasteiger partial charge in [-0.05, 0) is 18.9 Å². The van der Waals surface area contributed by atoms with Gasteiger partial charge in [0.25, 0.3) is 0 Å². The Balaban J connectivity index is 2.71. The lowest BCUT2D eigenvalue weighted by molar-refractivity contribution is -0.268. The molecule has 1 aromatic rings. The molecule has 16 heavy (non-hydrogen) atoms. The topological polar surface area (TPSA) is 63.6 Å². The van der Waals surface area contributed by atoms with Crippen LogP contribution in [0.4, 0.5) is 4.79 Å². The average Bonchev–Trinajstić information content (AvgIpc) is 2.29. The van der Waals surface area contributed by atoms with Crippen molar-refractivity contribution in [3.05, 3.63) is 35.9 Å². The van der Waals surface area contributed by atoms with Crippen LogP contribution in [0.2, 0.25) is 0 Å². The number of nitrogens with zero attached hydrogens (tertiary/aromatic N) is 1. The SMILES string of the molecule is CCN(C(=O)[O-])C(CO)Cc1ccccc1. The number of aliphatic hydroxyl groups is 1. The standard InChI is InChI=1S/C12H17NO3/c1-2-13(12(15)16)11(9-14)8-10-6-4-3-5-7-10/h3-7,11,14H,2,8-9H2,1H3,(H,15,16)/p-1. The van der Waals surface area contributed by atoms with Gasteiger partial charge in [-0.25, -0.2) is 0 Å². The molecule has 0 saturated carbocycles. The predicted molar refractivity (Wildman–Crippen MR) is 58.8 cm³/mol. The predicted octanol–water partition coefficient (Wildman–Crippen LogP) is 0.255. The summed E-state index contributed by atoms with van der Waals surface area (Å²) in [5, 5.41) is 20.0. The normalized spacial score (nSPS) is 12.1. The molecule has 0 heterocycles. The van der Waals surface area contributed by atoms with Gasteiger partial charge in [-0.1, -0.05) is 30.3 Å². The first-order valence-corrected chi connectivity index (χ1v) is 5.31. The van der Waals surface area contributed by atoms with E-state index in [4.69, 9.17) is 0 Å². The first-order chi connectivity index (χ1) is 7.69. The molecular formula is C12H16NO3-. The first-order valence-electron chi connectivity index (χ1n) is 5.31. The molecule has 1 amide bonds. The Morgan fingerprint density at radius 2 is 2.06 bits per heavy atom. The highest BCUT2D eigenvalue weighted by Crippen LogP contribution is 2.08. The number of hydrogen-bond acceptors (Lipinski definition) is 3. The highest BCUT2D eigenvalue weighted by atomic mass is 16.4. The first kappa shape index (κ1) is 12.5. The van der Waals surface area contributed by atoms with Gasteiger partial charge in [0.05, 0.1) is 12.6 Å². The lowest BCUT2D eigenvalue weighted by atomic mass is 10.1. The highest BCUT2D eigenvalue weighted by Gasteiger charge is 2.16. The van der Waals surface area contributed by atoms with Crippen LogP contribution >= 0.6 is 0 Å². The molecule has 0 aliphatic heterocycles. The number of hydrogen-bond donors (Lipinski definition) is 1. The third-order valence-corrected chi connectivity index (χ3v) is 2.54. The van der Waals surface area contributed by atoms with Crippen molar-refractivity contribution in [3.63, 3.8) is 0 Å². The van der Waals surface area contributed by atoms with Crippen molar-refractivity contribution in [2.45, 2.75) is 19.4 Å². The number of aliphatic hydroxyl groups excluding tert-OH is 1. The molecule has 4 nitrogen and oxygen atoms in total. The van der Waals surface area contributed by atoms with Gasteiger partial charge in [0.2, 0.25) is 0 Å². The van der Waals surface area contributed by atoms with Gasteiger partial charge < -0.3 is 19.9 Å². The van der Waals surface area contributed by atoms with Crippen LogP contribution in [-0.2, 0) is 6.42 Å². The Kier molecular flexibility index (Phi) is 4.79. The molecule has 0 spiro atoms. The van der Waals surface area contributed by atoms with E-state index >= 15 is 0 Å². The molecule has 0 aromatic heterocycles. The van der Waals surface area contributed by atoms with E-state index in [0.717, 1.165) is 10.5 Å². The fourth-order valence-corrected chi connectivity index (χ4v) is 1.70. The molecule has 0 fully saturated rings. The Morgan fingerprint density at radius 1 is 1.44 bits per heavy atom. The molecule has 1 unspecified atom stereocenters. The van der Waals surface area contributed by atoms with Crippen molar-refractivity contribution in [1.29, 1.82) is 0 Å². The third-order valence-electron chi connectivity index (χ3n) is 2.54. The second-order valence-electron chi connectivity index (χ2n) is 3.58. The van der Waals surface area contributed by atoms with Crippen LogP contribution in [0.5, 0.6) is 0 Å². The van der Waals surface area contributed by atoms with E-state index in [1.54, 1.807) is 6.92 Å². The molecule has 0 bridgehead atoms. The number of carbonyl (C=O) groups excluding carboxylic acids is 1. The van der Waals surface area contributed by atoms with Crippen LogP contribution < -0.4 is 5.11 Å². The van der Waals surface area contributed by atoms with Gasteiger partial charge in [0.1, 0.15) is 6.09 Å². The maximum absolute atomic E-state index is 10.8. The van der Waals surface area contributed by atoms with E-state index in [2.05, 4.69) is 0 Å². The van der Waals surface area contributed by atoms with Gasteiger partial charge in [-0.3, -0.25) is 0 Å². The Hall–Kier alpha value is -1.55. The third kappa shape index (κ3) is 3.24. The van der Waals surface area contributed by atoms with E-state index in [-0.39, 0.29) is 6.61 Å². The average molecular weight is 222 g/mol. The molecule has 1 aromatic carbocycles. The highest BCUT2D eigenvalue weighted by molar-refractivity contribution is 5.63. The summed E-state index contributed by atoms with van der Waals surface area (Å²) in [6.45, 7) is 1.85. The van der Waals surface area contributed by atoms with Crippen molar-refractivity contribution < 1.29 is 15.0 Å². The van der Waals surface area contributed by atoms with E-state index < -0.39 is 12.1 Å². The summed E-state index contributed by atoms with van der Waals surface area (Å²) in [5.41, 5.74) is 1.00. The number of benzene rings is 1. The van der Waals surface area contributed by atoms with Crippen LogP contribution in [0.3, 0.4) is 0 Å². The van der Waals surface area contributed by atoms with Crippen LogP contribution in [0.15, 0.2) is 30.3 Å². The Morgan fingerprint density at radius 3 is 2.50 bits per heavy atom. The molecular weight excluding hydrogens is 206 g/mol. The van der Waals surface area contributed by atoms with Gasteiger partial charge in [0.15, 0.2) is 0 Å². The molecule has 88 valence electrons. The lowest BCUT2D eigenvalue weighted by Crippen LogP contribution is -2.49. The zero-order valence-electron chi connectivity index (χ0n) is 9.30. The molecule has 1 rings (SSSR count). The van der Waals surface area contributed by atoms with Crippen molar-refractivity contribution in [2.75, 3.05) is 13.2 Å². The second-order valence-corrected chi connectivity index (χ2v) is 3.58. The van der Waals surface area contributed by atoms with Crippen LogP contribution in [0, 0.1) is 0 Å². The van der Waals surface area contributed by atoms with E-state index in [9.17, 15) is 15.0 Å². The fraction of sp³-hybridized carbons (Fsp3) is 0.417. The summed E-state index contributed by atoms with van der Waals surface area (Å²) in [6, 6.07) is 9.06. The summed E-state index contributed by atoms with van der Waals surface area (Å²) in [5.74, 6) is 0. The summed E-state index contributed by atoms with van der Waals surface area (Å²) in [6.07, 6.45) is -0.739. The molecule has 0 aliphatic carbocycles. The smallest absolute Gasteiger partial charge is 0.137 e. The van der Waals surface area contributed by atoms with Crippen molar-refractivity contribution >= 4 is 6.09 Å². The number of likely N-dealkylation sites (N-methyl/N-ethyl adjacent to an activating group) is 1. The molecule has 0 aliphatic rings. The number of carbonyl (C=O) groups is 1. The van der Waals surface area contributed by atoms with E-state index in [1.807, 2.05) is 30.3 Å². The zero-order valence-corrected chi connectivity index (χ0v) is 9.30. The minimum Gasteiger partial charge on any atom is -0.530 e. The summed E-state index contributed by atoms with van der Waals surface area (Å²) in [4.78, 5) is 12.0. The van der Waals surface area contributed by atoms with Crippen molar-refractivity contribution in [1.82, 2.24) is 4.90 Å². The van der Waals surface area contributed by atoms with Crippen LogP contribution in [-0.4, -0.2) is 35.3 Å². The van der Waals surface area contributed by atoms with Crippen LogP contribution in [0.25, 0.3) is 0 Å². The Bertz CT molecular complexity index is 326. The van der Waals surface area contributed by atoms with Crippen molar-refractivity contribution in [2.24, 2.45) is 0 Å².